The lowest BCUT2D eigenvalue weighted by molar-refractivity contribution is 0.0784. The van der Waals surface area contributed by atoms with Crippen LogP contribution in [0.4, 0.5) is 0 Å². The van der Waals surface area contributed by atoms with Crippen LogP contribution < -0.4 is 5.56 Å². The molecule has 0 spiro atoms. The van der Waals surface area contributed by atoms with Crippen molar-refractivity contribution >= 4 is 15.7 Å². The van der Waals surface area contributed by atoms with Crippen molar-refractivity contribution in [2.45, 2.75) is 37.2 Å². The number of nitrogens with zero attached hydrogens (tertiary/aromatic N) is 3. The minimum atomic E-state index is -3.31. The number of hydrogen-bond acceptors (Lipinski definition) is 5. The third kappa shape index (κ3) is 2.92. The minimum absolute atomic E-state index is 0.149. The summed E-state index contributed by atoms with van der Waals surface area (Å²) in [6.45, 7) is 5.55. The van der Waals surface area contributed by atoms with Crippen LogP contribution in [0.1, 0.15) is 37.7 Å². The summed E-state index contributed by atoms with van der Waals surface area (Å²) in [6.07, 6.45) is 0.428. The molecular weight excluding hydrogens is 306 g/mol. The van der Waals surface area contributed by atoms with Gasteiger partial charge in [-0.2, -0.15) is 5.10 Å². The van der Waals surface area contributed by atoms with E-state index in [0.29, 0.717) is 13.0 Å². The fourth-order valence-electron chi connectivity index (χ4n) is 2.44. The number of likely N-dealkylation sites (tertiary alicyclic amines) is 1. The molecular formula is C14H21N3O4S. The molecule has 0 aromatic carbocycles. The molecule has 0 radical (unpaired) electrons. The second-order valence-corrected chi connectivity index (χ2v) is 9.48. The lowest BCUT2D eigenvalue weighted by Gasteiger charge is -2.24. The van der Waals surface area contributed by atoms with Crippen molar-refractivity contribution in [1.82, 2.24) is 14.7 Å². The first kappa shape index (κ1) is 16.7. The van der Waals surface area contributed by atoms with E-state index in [1.54, 1.807) is 20.8 Å². The van der Waals surface area contributed by atoms with Crippen LogP contribution in [0.3, 0.4) is 0 Å². The third-order valence-electron chi connectivity index (χ3n) is 3.90. The average molecular weight is 327 g/mol. The molecule has 1 amide bonds. The minimum Gasteiger partial charge on any atom is -0.336 e. The normalized spacial score (nSPS) is 19.5. The van der Waals surface area contributed by atoms with Crippen molar-refractivity contribution in [3.63, 3.8) is 0 Å². The van der Waals surface area contributed by atoms with Gasteiger partial charge in [0.1, 0.15) is 5.69 Å². The van der Waals surface area contributed by atoms with E-state index in [9.17, 15) is 18.0 Å². The fourth-order valence-corrected chi connectivity index (χ4v) is 4.24. The summed E-state index contributed by atoms with van der Waals surface area (Å²) in [5.41, 5.74) is -0.151. The van der Waals surface area contributed by atoms with Gasteiger partial charge in [0.05, 0.1) is 10.00 Å². The highest BCUT2D eigenvalue weighted by Crippen LogP contribution is 2.27. The number of carbonyl (C=O) groups excluding carboxylic acids is 1. The van der Waals surface area contributed by atoms with Gasteiger partial charge in [-0.1, -0.05) is 0 Å². The van der Waals surface area contributed by atoms with Crippen LogP contribution in [0.5, 0.6) is 0 Å². The Morgan fingerprint density at radius 3 is 2.50 bits per heavy atom. The lowest BCUT2D eigenvalue weighted by atomic mass is 10.3. The number of carbonyl (C=O) groups is 1. The number of hydrogen-bond donors (Lipinski definition) is 0. The van der Waals surface area contributed by atoms with Gasteiger partial charge in [-0.3, -0.25) is 9.59 Å². The first-order chi connectivity index (χ1) is 10.0. The molecule has 1 atom stereocenters. The summed E-state index contributed by atoms with van der Waals surface area (Å²) in [5.74, 6) is -0.345. The number of sulfone groups is 1. The van der Waals surface area contributed by atoms with Gasteiger partial charge in [-0.05, 0) is 33.3 Å². The molecule has 0 bridgehead atoms. The number of aryl methyl sites for hydroxylation is 1. The van der Waals surface area contributed by atoms with Crippen molar-refractivity contribution in [3.05, 3.63) is 28.2 Å². The Hall–Kier alpha value is -1.70. The Labute approximate surface area is 129 Å². The standard InChI is InChI=1S/C14H21N3O4S/c1-14(2,3)22(20,21)10-7-8-17(9-10)13(19)11-5-6-12(18)16(4)15-11/h5-6,10H,7-9H2,1-4H3/t10-/m1/s1. The van der Waals surface area contributed by atoms with Gasteiger partial charge in [0.2, 0.25) is 0 Å². The predicted molar refractivity (Wildman–Crippen MR) is 82.5 cm³/mol. The Morgan fingerprint density at radius 2 is 1.95 bits per heavy atom. The van der Waals surface area contributed by atoms with Crippen LogP contribution in [0.2, 0.25) is 0 Å². The maximum Gasteiger partial charge on any atom is 0.274 e. The van der Waals surface area contributed by atoms with Gasteiger partial charge in [-0.15, -0.1) is 0 Å². The zero-order chi connectivity index (χ0) is 16.7. The molecule has 1 aromatic heterocycles. The van der Waals surface area contributed by atoms with Crippen LogP contribution >= 0.6 is 0 Å². The molecule has 22 heavy (non-hydrogen) atoms. The maximum atomic E-state index is 12.5. The fraction of sp³-hybridized carbons (Fsp3) is 0.643. The van der Waals surface area contributed by atoms with E-state index in [0.717, 1.165) is 4.68 Å². The number of aromatic nitrogens is 2. The lowest BCUT2D eigenvalue weighted by Crippen LogP contribution is -2.40. The first-order valence-corrected chi connectivity index (χ1v) is 8.66. The van der Waals surface area contributed by atoms with E-state index in [-0.39, 0.29) is 23.7 Å². The third-order valence-corrected chi connectivity index (χ3v) is 6.87. The van der Waals surface area contributed by atoms with Crippen molar-refractivity contribution in [2.75, 3.05) is 13.1 Å². The van der Waals surface area contributed by atoms with Gasteiger partial charge in [0.15, 0.2) is 9.84 Å². The SMILES string of the molecule is Cn1nc(C(=O)N2CC[C@@H](S(=O)(=O)C(C)(C)C)C2)ccc1=O. The summed E-state index contributed by atoms with van der Waals surface area (Å²) >= 11 is 0. The molecule has 1 saturated heterocycles. The molecule has 0 unspecified atom stereocenters. The van der Waals surface area contributed by atoms with Gasteiger partial charge in [0.25, 0.3) is 11.5 Å². The highest BCUT2D eigenvalue weighted by molar-refractivity contribution is 7.93. The summed E-state index contributed by atoms with van der Waals surface area (Å²) in [7, 11) is -1.84. The van der Waals surface area contributed by atoms with Gasteiger partial charge in [-0.25, -0.2) is 13.1 Å². The van der Waals surface area contributed by atoms with E-state index in [2.05, 4.69) is 5.10 Å². The summed E-state index contributed by atoms with van der Waals surface area (Å²) in [5, 5.41) is 3.36. The molecule has 1 aromatic rings. The monoisotopic (exact) mass is 327 g/mol. The average Bonchev–Trinajstić information content (AvgIpc) is 2.90. The maximum absolute atomic E-state index is 12.5. The molecule has 0 N–H and O–H groups in total. The molecule has 1 aliphatic heterocycles. The molecule has 2 heterocycles. The van der Waals surface area contributed by atoms with Crippen molar-refractivity contribution in [3.8, 4) is 0 Å². The highest BCUT2D eigenvalue weighted by Gasteiger charge is 2.42. The van der Waals surface area contributed by atoms with Crippen molar-refractivity contribution < 1.29 is 13.2 Å². The van der Waals surface area contributed by atoms with Crippen LogP contribution in [0.25, 0.3) is 0 Å². The number of amides is 1. The van der Waals surface area contributed by atoms with Gasteiger partial charge < -0.3 is 4.90 Å². The predicted octanol–water partition coefficient (Wildman–Crippen LogP) is 0.208. The quantitative estimate of drug-likeness (QED) is 0.774. The Bertz CT molecular complexity index is 746. The Kier molecular flexibility index (Phi) is 4.16. The van der Waals surface area contributed by atoms with Gasteiger partial charge in [0, 0.05) is 26.2 Å². The molecule has 7 nitrogen and oxygen atoms in total. The van der Waals surface area contributed by atoms with E-state index in [4.69, 9.17) is 0 Å². The van der Waals surface area contributed by atoms with Gasteiger partial charge >= 0.3 is 0 Å². The molecule has 0 saturated carbocycles. The second-order valence-electron chi connectivity index (χ2n) is 6.50. The zero-order valence-electron chi connectivity index (χ0n) is 13.2. The molecule has 2 rings (SSSR count). The molecule has 122 valence electrons. The second kappa shape index (κ2) is 5.49. The summed E-state index contributed by atoms with van der Waals surface area (Å²) in [6, 6.07) is 2.65. The molecule has 1 aliphatic rings. The first-order valence-electron chi connectivity index (χ1n) is 7.11. The Balaban J connectivity index is 2.18. The molecule has 0 aliphatic carbocycles. The van der Waals surface area contributed by atoms with E-state index in [1.165, 1.54) is 24.1 Å². The smallest absolute Gasteiger partial charge is 0.274 e. The highest BCUT2D eigenvalue weighted by atomic mass is 32.2. The van der Waals surface area contributed by atoms with Crippen molar-refractivity contribution in [1.29, 1.82) is 0 Å². The Morgan fingerprint density at radius 1 is 1.32 bits per heavy atom. The topological polar surface area (TPSA) is 89.3 Å². The largest absolute Gasteiger partial charge is 0.336 e. The van der Waals surface area contributed by atoms with Crippen LogP contribution in [0.15, 0.2) is 16.9 Å². The van der Waals surface area contributed by atoms with E-state index in [1.807, 2.05) is 0 Å². The van der Waals surface area contributed by atoms with E-state index >= 15 is 0 Å². The van der Waals surface area contributed by atoms with E-state index < -0.39 is 19.8 Å². The zero-order valence-corrected chi connectivity index (χ0v) is 14.1. The summed E-state index contributed by atoms with van der Waals surface area (Å²) in [4.78, 5) is 25.2. The van der Waals surface area contributed by atoms with Crippen LogP contribution in [0, 0.1) is 0 Å². The molecule has 8 heteroatoms. The van der Waals surface area contributed by atoms with Crippen molar-refractivity contribution in [2.24, 2.45) is 7.05 Å². The van der Waals surface area contributed by atoms with Crippen LogP contribution in [-0.4, -0.2) is 52.1 Å². The summed E-state index contributed by atoms with van der Waals surface area (Å²) < 4.78 is 25.2. The number of rotatable bonds is 2. The molecule has 1 fully saturated rings. The van der Waals surface area contributed by atoms with Crippen LogP contribution in [-0.2, 0) is 16.9 Å².